The summed E-state index contributed by atoms with van der Waals surface area (Å²) in [5.74, 6) is 0.210. The molecule has 2 aromatic carbocycles. The predicted octanol–water partition coefficient (Wildman–Crippen LogP) is 4.43. The maximum Gasteiger partial charge on any atom is 0.142 e. The van der Waals surface area contributed by atoms with E-state index in [4.69, 9.17) is 27.9 Å². The monoisotopic (exact) mass is 313 g/mol. The molecule has 20 heavy (non-hydrogen) atoms. The molecule has 2 aromatic rings. The summed E-state index contributed by atoms with van der Waals surface area (Å²) in [7, 11) is 1.83. The minimum absolute atomic E-state index is 0.0877. The molecular formula is C15H14Cl2FNO. The number of rotatable bonds is 5. The van der Waals surface area contributed by atoms with Gasteiger partial charge in [-0.2, -0.15) is 0 Å². The van der Waals surface area contributed by atoms with Crippen LogP contribution >= 0.6 is 23.2 Å². The van der Waals surface area contributed by atoms with Crippen LogP contribution in [0.4, 0.5) is 4.39 Å². The SMILES string of the molecule is CNCc1c(Cl)cccc1OCc1cccc(F)c1Cl. The van der Waals surface area contributed by atoms with E-state index in [9.17, 15) is 4.39 Å². The molecule has 0 aliphatic rings. The van der Waals surface area contributed by atoms with Crippen molar-refractivity contribution in [2.24, 2.45) is 0 Å². The van der Waals surface area contributed by atoms with Crippen LogP contribution in [0.25, 0.3) is 0 Å². The first kappa shape index (κ1) is 15.1. The largest absolute Gasteiger partial charge is 0.488 e. The second-order valence-electron chi connectivity index (χ2n) is 4.25. The fourth-order valence-electron chi connectivity index (χ4n) is 1.84. The summed E-state index contributed by atoms with van der Waals surface area (Å²) >= 11 is 12.0. The Balaban J connectivity index is 2.19. The van der Waals surface area contributed by atoms with Crippen LogP contribution in [-0.4, -0.2) is 7.05 Å². The average Bonchev–Trinajstić information content (AvgIpc) is 2.44. The summed E-state index contributed by atoms with van der Waals surface area (Å²) in [4.78, 5) is 0. The molecule has 0 amide bonds. The molecule has 0 aromatic heterocycles. The van der Waals surface area contributed by atoms with Crippen LogP contribution in [0.1, 0.15) is 11.1 Å². The van der Waals surface area contributed by atoms with Crippen molar-refractivity contribution in [1.82, 2.24) is 5.32 Å². The van der Waals surface area contributed by atoms with Gasteiger partial charge in [-0.15, -0.1) is 0 Å². The third-order valence-electron chi connectivity index (χ3n) is 2.84. The minimum atomic E-state index is -0.450. The summed E-state index contributed by atoms with van der Waals surface area (Å²) in [5.41, 5.74) is 1.46. The Kier molecular flexibility index (Phi) is 5.24. The van der Waals surface area contributed by atoms with Crippen molar-refractivity contribution in [1.29, 1.82) is 0 Å². The first-order chi connectivity index (χ1) is 9.63. The van der Waals surface area contributed by atoms with Crippen molar-refractivity contribution < 1.29 is 9.13 Å². The summed E-state index contributed by atoms with van der Waals surface area (Å²) in [6.45, 7) is 0.777. The van der Waals surface area contributed by atoms with Crippen LogP contribution in [0.5, 0.6) is 5.75 Å². The van der Waals surface area contributed by atoms with Gasteiger partial charge in [0.2, 0.25) is 0 Å². The third-order valence-corrected chi connectivity index (χ3v) is 3.62. The fourth-order valence-corrected chi connectivity index (χ4v) is 2.25. The van der Waals surface area contributed by atoms with Gasteiger partial charge in [0.15, 0.2) is 0 Å². The Morgan fingerprint density at radius 3 is 2.65 bits per heavy atom. The smallest absolute Gasteiger partial charge is 0.142 e. The van der Waals surface area contributed by atoms with Gasteiger partial charge in [0, 0.05) is 22.7 Å². The van der Waals surface area contributed by atoms with Gasteiger partial charge in [0.25, 0.3) is 0 Å². The van der Waals surface area contributed by atoms with Crippen LogP contribution < -0.4 is 10.1 Å². The van der Waals surface area contributed by atoms with E-state index in [0.717, 1.165) is 5.56 Å². The molecular weight excluding hydrogens is 300 g/mol. The highest BCUT2D eigenvalue weighted by Crippen LogP contribution is 2.28. The second kappa shape index (κ2) is 6.93. The molecule has 0 radical (unpaired) electrons. The van der Waals surface area contributed by atoms with Crippen molar-refractivity contribution in [3.8, 4) is 5.75 Å². The van der Waals surface area contributed by atoms with Crippen molar-refractivity contribution in [2.75, 3.05) is 7.05 Å². The lowest BCUT2D eigenvalue weighted by Crippen LogP contribution is -2.08. The van der Waals surface area contributed by atoms with Crippen LogP contribution in [-0.2, 0) is 13.2 Å². The molecule has 1 N–H and O–H groups in total. The highest BCUT2D eigenvalue weighted by molar-refractivity contribution is 6.31. The van der Waals surface area contributed by atoms with Gasteiger partial charge in [-0.05, 0) is 25.2 Å². The maximum atomic E-state index is 13.4. The van der Waals surface area contributed by atoms with Crippen molar-refractivity contribution >= 4 is 23.2 Å². The number of hydrogen-bond donors (Lipinski definition) is 1. The van der Waals surface area contributed by atoms with Gasteiger partial charge in [0.1, 0.15) is 18.2 Å². The van der Waals surface area contributed by atoms with Gasteiger partial charge < -0.3 is 10.1 Å². The van der Waals surface area contributed by atoms with Crippen LogP contribution in [0.2, 0.25) is 10.0 Å². The summed E-state index contributed by atoms with van der Waals surface area (Å²) in [6.07, 6.45) is 0. The molecule has 0 saturated carbocycles. The number of halogens is 3. The fraction of sp³-hybridized carbons (Fsp3) is 0.200. The first-order valence-electron chi connectivity index (χ1n) is 6.11. The summed E-state index contributed by atoms with van der Waals surface area (Å²) < 4.78 is 19.1. The van der Waals surface area contributed by atoms with Crippen LogP contribution in [0.3, 0.4) is 0 Å². The number of nitrogens with one attached hydrogen (secondary N) is 1. The molecule has 0 aliphatic heterocycles. The zero-order valence-electron chi connectivity index (χ0n) is 10.9. The van der Waals surface area contributed by atoms with E-state index in [1.165, 1.54) is 6.07 Å². The Bertz CT molecular complexity index is 604. The lowest BCUT2D eigenvalue weighted by molar-refractivity contribution is 0.302. The third kappa shape index (κ3) is 3.42. The van der Waals surface area contributed by atoms with E-state index in [-0.39, 0.29) is 11.6 Å². The van der Waals surface area contributed by atoms with E-state index < -0.39 is 5.82 Å². The van der Waals surface area contributed by atoms with E-state index in [1.807, 2.05) is 19.2 Å². The van der Waals surface area contributed by atoms with Gasteiger partial charge in [-0.1, -0.05) is 41.4 Å². The molecule has 0 heterocycles. The number of hydrogen-bond acceptors (Lipinski definition) is 2. The molecule has 0 spiro atoms. The Morgan fingerprint density at radius 2 is 1.90 bits per heavy atom. The molecule has 0 fully saturated rings. The summed E-state index contributed by atoms with van der Waals surface area (Å²) in [6, 6.07) is 10.1. The molecule has 2 nitrogen and oxygen atoms in total. The Morgan fingerprint density at radius 1 is 1.15 bits per heavy atom. The normalized spacial score (nSPS) is 10.6. The zero-order chi connectivity index (χ0) is 14.5. The van der Waals surface area contributed by atoms with Crippen LogP contribution in [0, 0.1) is 5.82 Å². The van der Waals surface area contributed by atoms with E-state index in [2.05, 4.69) is 5.32 Å². The lowest BCUT2D eigenvalue weighted by Gasteiger charge is -2.13. The molecule has 5 heteroatoms. The highest BCUT2D eigenvalue weighted by Gasteiger charge is 2.10. The van der Waals surface area contributed by atoms with Gasteiger partial charge in [0.05, 0.1) is 5.02 Å². The molecule has 0 aliphatic carbocycles. The van der Waals surface area contributed by atoms with Crippen molar-refractivity contribution in [3.63, 3.8) is 0 Å². The highest BCUT2D eigenvalue weighted by atomic mass is 35.5. The quantitative estimate of drug-likeness (QED) is 0.881. The zero-order valence-corrected chi connectivity index (χ0v) is 12.4. The maximum absolute atomic E-state index is 13.4. The lowest BCUT2D eigenvalue weighted by atomic mass is 10.2. The molecule has 0 unspecified atom stereocenters. The Labute approximate surface area is 127 Å². The van der Waals surface area contributed by atoms with E-state index in [0.29, 0.717) is 22.9 Å². The molecule has 0 saturated heterocycles. The first-order valence-corrected chi connectivity index (χ1v) is 6.86. The van der Waals surface area contributed by atoms with Gasteiger partial charge >= 0.3 is 0 Å². The van der Waals surface area contributed by atoms with E-state index in [1.54, 1.807) is 18.2 Å². The predicted molar refractivity (Wildman–Crippen MR) is 80.0 cm³/mol. The molecule has 0 atom stereocenters. The molecule has 0 bridgehead atoms. The number of ether oxygens (including phenoxy) is 1. The standard InChI is InChI=1S/C15H14Cl2FNO/c1-19-8-11-12(16)5-3-7-14(11)20-9-10-4-2-6-13(18)15(10)17/h2-7,19H,8-9H2,1H3. The van der Waals surface area contributed by atoms with Crippen LogP contribution in [0.15, 0.2) is 36.4 Å². The van der Waals surface area contributed by atoms with Crippen molar-refractivity contribution in [3.05, 3.63) is 63.4 Å². The topological polar surface area (TPSA) is 21.3 Å². The van der Waals surface area contributed by atoms with E-state index >= 15 is 0 Å². The molecule has 106 valence electrons. The Hall–Kier alpha value is -1.29. The minimum Gasteiger partial charge on any atom is -0.488 e. The van der Waals surface area contributed by atoms with Gasteiger partial charge in [-0.25, -0.2) is 4.39 Å². The van der Waals surface area contributed by atoms with Crippen molar-refractivity contribution in [2.45, 2.75) is 13.2 Å². The average molecular weight is 314 g/mol. The van der Waals surface area contributed by atoms with Gasteiger partial charge in [-0.3, -0.25) is 0 Å². The molecule has 2 rings (SSSR count). The number of benzene rings is 2. The second-order valence-corrected chi connectivity index (χ2v) is 5.03. The summed E-state index contributed by atoms with van der Waals surface area (Å²) in [5, 5.41) is 3.75.